The van der Waals surface area contributed by atoms with Crippen LogP contribution in [0, 0.1) is 6.92 Å². The fourth-order valence-corrected chi connectivity index (χ4v) is 4.11. The predicted molar refractivity (Wildman–Crippen MR) is 123 cm³/mol. The van der Waals surface area contributed by atoms with Gasteiger partial charge >= 0.3 is 0 Å². The molecule has 2 atom stereocenters. The average molecular weight is 423 g/mol. The number of fused-ring (bicyclic) bond motifs is 1. The summed E-state index contributed by atoms with van der Waals surface area (Å²) < 4.78 is 6.10. The minimum absolute atomic E-state index is 0.0632. The summed E-state index contributed by atoms with van der Waals surface area (Å²) in [6.07, 6.45) is 1.32. The van der Waals surface area contributed by atoms with Gasteiger partial charge < -0.3 is 15.0 Å². The van der Waals surface area contributed by atoms with E-state index in [1.165, 1.54) is 11.1 Å². The third kappa shape index (κ3) is 5.27. The van der Waals surface area contributed by atoms with Crippen molar-refractivity contribution >= 4 is 11.8 Å². The van der Waals surface area contributed by atoms with Crippen LogP contribution in [0.4, 0.5) is 0 Å². The molecule has 31 heavy (non-hydrogen) atoms. The second kappa shape index (κ2) is 9.99. The van der Waals surface area contributed by atoms with Crippen molar-refractivity contribution in [1.29, 1.82) is 0 Å². The zero-order chi connectivity index (χ0) is 22.5. The Bertz CT molecular complexity index is 921. The van der Waals surface area contributed by atoms with E-state index in [2.05, 4.69) is 42.6 Å². The van der Waals surface area contributed by atoms with Crippen molar-refractivity contribution in [3.63, 3.8) is 0 Å². The van der Waals surface area contributed by atoms with E-state index in [4.69, 9.17) is 4.74 Å². The highest BCUT2D eigenvalue weighted by Gasteiger charge is 2.32. The first kappa shape index (κ1) is 22.9. The molecule has 2 unspecified atom stereocenters. The molecule has 0 bridgehead atoms. The molecule has 166 valence electrons. The number of hydrogen-bond acceptors (Lipinski definition) is 3. The Morgan fingerprint density at radius 1 is 1.13 bits per heavy atom. The Morgan fingerprint density at radius 2 is 1.84 bits per heavy atom. The minimum atomic E-state index is -0.546. The molecule has 5 nitrogen and oxygen atoms in total. The Morgan fingerprint density at radius 3 is 2.45 bits per heavy atom. The molecular weight excluding hydrogens is 388 g/mol. The quantitative estimate of drug-likeness (QED) is 0.712. The van der Waals surface area contributed by atoms with Gasteiger partial charge in [0.05, 0.1) is 6.04 Å². The summed E-state index contributed by atoms with van der Waals surface area (Å²) in [4.78, 5) is 27.2. The van der Waals surface area contributed by atoms with Gasteiger partial charge in [-0.2, -0.15) is 0 Å². The molecule has 0 fully saturated rings. The molecule has 2 aromatic rings. The smallest absolute Gasteiger partial charge is 0.261 e. The van der Waals surface area contributed by atoms with Crippen molar-refractivity contribution in [3.05, 3.63) is 64.7 Å². The molecule has 0 radical (unpaired) electrons. The summed E-state index contributed by atoms with van der Waals surface area (Å²) in [6, 6.07) is 14.3. The van der Waals surface area contributed by atoms with Crippen molar-refractivity contribution in [1.82, 2.24) is 10.2 Å². The minimum Gasteiger partial charge on any atom is -0.481 e. The van der Waals surface area contributed by atoms with Gasteiger partial charge in [-0.15, -0.1) is 0 Å². The van der Waals surface area contributed by atoms with E-state index in [-0.39, 0.29) is 23.9 Å². The van der Waals surface area contributed by atoms with E-state index >= 15 is 0 Å². The van der Waals surface area contributed by atoms with Crippen LogP contribution in [0.2, 0.25) is 0 Å². The van der Waals surface area contributed by atoms with E-state index in [0.29, 0.717) is 25.1 Å². The zero-order valence-electron chi connectivity index (χ0n) is 19.3. The summed E-state index contributed by atoms with van der Waals surface area (Å²) in [5.41, 5.74) is 4.58. The maximum atomic E-state index is 12.8. The summed E-state index contributed by atoms with van der Waals surface area (Å²) in [6.45, 7) is 10.5. The Hall–Kier alpha value is -2.82. The number of nitrogens with zero attached hydrogens (tertiary/aromatic N) is 1. The molecule has 3 rings (SSSR count). The van der Waals surface area contributed by atoms with Gasteiger partial charge in [-0.05, 0) is 62.4 Å². The monoisotopic (exact) mass is 422 g/mol. The van der Waals surface area contributed by atoms with E-state index < -0.39 is 6.10 Å². The third-order valence-electron chi connectivity index (χ3n) is 5.73. The molecule has 2 amide bonds. The van der Waals surface area contributed by atoms with Crippen LogP contribution in [-0.2, 0) is 16.0 Å². The summed E-state index contributed by atoms with van der Waals surface area (Å²) in [5.74, 6) is 0.700. The number of carbonyl (C=O) groups is 2. The van der Waals surface area contributed by atoms with Crippen molar-refractivity contribution in [2.45, 2.75) is 72.1 Å². The Balaban J connectivity index is 1.97. The molecule has 0 saturated carbocycles. The topological polar surface area (TPSA) is 58.6 Å². The van der Waals surface area contributed by atoms with Gasteiger partial charge in [0.15, 0.2) is 6.10 Å². The van der Waals surface area contributed by atoms with Gasteiger partial charge in [0.25, 0.3) is 5.91 Å². The largest absolute Gasteiger partial charge is 0.481 e. The first-order valence-corrected chi connectivity index (χ1v) is 11.3. The molecule has 1 N–H and O–H groups in total. The molecule has 1 heterocycles. The van der Waals surface area contributed by atoms with Crippen molar-refractivity contribution < 1.29 is 14.3 Å². The van der Waals surface area contributed by atoms with Gasteiger partial charge in [-0.25, -0.2) is 0 Å². The molecule has 0 aromatic heterocycles. The lowest BCUT2D eigenvalue weighted by Gasteiger charge is -2.38. The maximum Gasteiger partial charge on any atom is 0.261 e. The first-order valence-electron chi connectivity index (χ1n) is 11.3. The second-order valence-electron chi connectivity index (χ2n) is 8.54. The van der Waals surface area contributed by atoms with Crippen molar-refractivity contribution in [2.24, 2.45) is 0 Å². The third-order valence-corrected chi connectivity index (χ3v) is 5.73. The first-order chi connectivity index (χ1) is 14.8. The lowest BCUT2D eigenvalue weighted by atomic mass is 9.87. The van der Waals surface area contributed by atoms with Crippen LogP contribution >= 0.6 is 0 Å². The van der Waals surface area contributed by atoms with E-state index in [1.54, 1.807) is 0 Å². The van der Waals surface area contributed by atoms with E-state index in [1.807, 2.05) is 44.7 Å². The van der Waals surface area contributed by atoms with Gasteiger partial charge in [0.2, 0.25) is 5.91 Å². The zero-order valence-corrected chi connectivity index (χ0v) is 19.3. The fraction of sp³-hybridized carbons (Fsp3) is 0.462. The number of benzene rings is 2. The molecule has 2 aromatic carbocycles. The number of ether oxygens (including phenoxy) is 1. The summed E-state index contributed by atoms with van der Waals surface area (Å²) in [7, 11) is 0. The average Bonchev–Trinajstić information content (AvgIpc) is 2.76. The van der Waals surface area contributed by atoms with E-state index in [0.717, 1.165) is 17.5 Å². The summed E-state index contributed by atoms with van der Waals surface area (Å²) in [5, 5.41) is 2.93. The maximum absolute atomic E-state index is 12.8. The normalized spacial score (nSPS) is 16.6. The van der Waals surface area contributed by atoms with Gasteiger partial charge in [-0.1, -0.05) is 49.7 Å². The highest BCUT2D eigenvalue weighted by Crippen LogP contribution is 2.37. The van der Waals surface area contributed by atoms with E-state index in [9.17, 15) is 9.59 Å². The molecule has 1 aliphatic heterocycles. The highest BCUT2D eigenvalue weighted by atomic mass is 16.5. The van der Waals surface area contributed by atoms with Crippen LogP contribution in [0.5, 0.6) is 5.75 Å². The lowest BCUT2D eigenvalue weighted by Crippen LogP contribution is -2.41. The molecule has 5 heteroatoms. The molecular formula is C26H34N2O3. The number of amides is 2. The van der Waals surface area contributed by atoms with Crippen LogP contribution in [0.15, 0.2) is 42.5 Å². The molecule has 0 aliphatic carbocycles. The van der Waals surface area contributed by atoms with Crippen molar-refractivity contribution in [2.75, 3.05) is 6.54 Å². The predicted octanol–water partition coefficient (Wildman–Crippen LogP) is 4.56. The van der Waals surface area contributed by atoms with Gasteiger partial charge in [-0.3, -0.25) is 9.59 Å². The number of aryl methyl sites for hydroxylation is 1. The molecule has 0 saturated heterocycles. The van der Waals surface area contributed by atoms with Crippen LogP contribution in [0.25, 0.3) is 0 Å². The second-order valence-corrected chi connectivity index (χ2v) is 8.54. The van der Waals surface area contributed by atoms with Gasteiger partial charge in [0, 0.05) is 19.0 Å². The number of hydrogen-bond donors (Lipinski definition) is 1. The molecule has 1 aliphatic rings. The highest BCUT2D eigenvalue weighted by molar-refractivity contribution is 5.81. The summed E-state index contributed by atoms with van der Waals surface area (Å²) >= 11 is 0. The number of carbonyl (C=O) groups excluding carboxylic acids is 2. The number of rotatable bonds is 7. The van der Waals surface area contributed by atoms with Crippen LogP contribution in [0.3, 0.4) is 0 Å². The molecule has 0 spiro atoms. The lowest BCUT2D eigenvalue weighted by molar-refractivity contribution is -0.133. The van der Waals surface area contributed by atoms with Crippen molar-refractivity contribution in [3.8, 4) is 5.75 Å². The SMILES string of the molecule is CCC(=O)N1CCc2ccc(OC(CC)C(=O)NC(C)C)cc2C1c1ccc(C)cc1. The van der Waals surface area contributed by atoms with Crippen LogP contribution < -0.4 is 10.1 Å². The fourth-order valence-electron chi connectivity index (χ4n) is 4.11. The van der Waals surface area contributed by atoms with Gasteiger partial charge in [0.1, 0.15) is 5.75 Å². The van der Waals surface area contributed by atoms with Crippen LogP contribution in [0.1, 0.15) is 68.8 Å². The Kier molecular flexibility index (Phi) is 7.37. The standard InChI is InChI=1S/C26H34N2O3/c1-6-23(26(30)27-17(3)4)31-21-13-12-19-14-15-28(24(29)7-2)25(22(19)16-21)20-10-8-18(5)9-11-20/h8-13,16-17,23,25H,6-7,14-15H2,1-5H3,(H,27,30). The number of nitrogens with one attached hydrogen (secondary N) is 1. The van der Waals surface area contributed by atoms with Crippen LogP contribution in [-0.4, -0.2) is 35.4 Å². The Labute approximate surface area is 185 Å².